The molecule has 2 aromatic rings. The van der Waals surface area contributed by atoms with Gasteiger partial charge in [0.2, 0.25) is 0 Å². The zero-order valence-corrected chi connectivity index (χ0v) is 10.3. The zero-order valence-electron chi connectivity index (χ0n) is 9.50. The lowest BCUT2D eigenvalue weighted by Crippen LogP contribution is -1.96. The normalized spacial score (nSPS) is 13.5. The van der Waals surface area contributed by atoms with Gasteiger partial charge in [-0.25, -0.2) is 0 Å². The molecule has 0 radical (unpaired) electrons. The molecule has 0 bridgehead atoms. The quantitative estimate of drug-likeness (QED) is 0.819. The molecule has 0 amide bonds. The first-order valence-electron chi connectivity index (χ1n) is 5.67. The fourth-order valence-electron chi connectivity index (χ4n) is 2.23. The standard InChI is InChI=1S/C13H12ClNO2/c1-2-16-11-7-10-12(9(14)3-5-15-10)8-4-6-17-13(8)11/h3,5,7H,2,4,6H2,1H3. The average Bonchev–Trinajstić information content (AvgIpc) is 2.78. The van der Waals surface area contributed by atoms with Crippen molar-refractivity contribution < 1.29 is 9.47 Å². The lowest BCUT2D eigenvalue weighted by atomic mass is 10.1. The van der Waals surface area contributed by atoms with Crippen molar-refractivity contribution in [2.75, 3.05) is 13.2 Å². The summed E-state index contributed by atoms with van der Waals surface area (Å²) < 4.78 is 11.2. The van der Waals surface area contributed by atoms with E-state index >= 15 is 0 Å². The van der Waals surface area contributed by atoms with Crippen LogP contribution in [0.2, 0.25) is 5.02 Å². The highest BCUT2D eigenvalue weighted by Gasteiger charge is 2.22. The number of ether oxygens (including phenoxy) is 2. The van der Waals surface area contributed by atoms with Crippen LogP contribution in [-0.4, -0.2) is 18.2 Å². The van der Waals surface area contributed by atoms with Crippen LogP contribution < -0.4 is 9.47 Å². The molecule has 2 heterocycles. The van der Waals surface area contributed by atoms with Crippen LogP contribution in [0.3, 0.4) is 0 Å². The Morgan fingerprint density at radius 1 is 1.53 bits per heavy atom. The number of pyridine rings is 1. The molecule has 0 atom stereocenters. The zero-order chi connectivity index (χ0) is 11.8. The number of rotatable bonds is 2. The van der Waals surface area contributed by atoms with Crippen LogP contribution in [0.1, 0.15) is 12.5 Å². The number of nitrogens with zero attached hydrogens (tertiary/aromatic N) is 1. The van der Waals surface area contributed by atoms with E-state index in [0.29, 0.717) is 13.2 Å². The van der Waals surface area contributed by atoms with Gasteiger partial charge in [-0.1, -0.05) is 11.6 Å². The van der Waals surface area contributed by atoms with E-state index < -0.39 is 0 Å². The topological polar surface area (TPSA) is 31.4 Å². The highest BCUT2D eigenvalue weighted by atomic mass is 35.5. The molecule has 0 saturated carbocycles. The van der Waals surface area contributed by atoms with E-state index in [2.05, 4.69) is 4.98 Å². The molecular formula is C13H12ClNO2. The fourth-order valence-corrected chi connectivity index (χ4v) is 2.50. The second kappa shape index (κ2) is 4.08. The molecule has 0 fully saturated rings. The van der Waals surface area contributed by atoms with Crippen molar-refractivity contribution in [2.24, 2.45) is 0 Å². The van der Waals surface area contributed by atoms with Gasteiger partial charge < -0.3 is 9.47 Å². The summed E-state index contributed by atoms with van der Waals surface area (Å²) in [6, 6.07) is 3.71. The number of benzene rings is 1. The van der Waals surface area contributed by atoms with Crippen LogP contribution in [0.25, 0.3) is 10.9 Å². The largest absolute Gasteiger partial charge is 0.490 e. The van der Waals surface area contributed by atoms with Crippen LogP contribution >= 0.6 is 11.6 Å². The van der Waals surface area contributed by atoms with Crippen LogP contribution in [0.15, 0.2) is 18.3 Å². The van der Waals surface area contributed by atoms with E-state index in [4.69, 9.17) is 21.1 Å². The van der Waals surface area contributed by atoms with Gasteiger partial charge in [0, 0.05) is 29.6 Å². The molecule has 0 unspecified atom stereocenters. The van der Waals surface area contributed by atoms with E-state index in [0.717, 1.165) is 39.4 Å². The van der Waals surface area contributed by atoms with Gasteiger partial charge in [-0.05, 0) is 13.0 Å². The number of hydrogen-bond acceptors (Lipinski definition) is 3. The number of aromatic nitrogens is 1. The number of hydrogen-bond donors (Lipinski definition) is 0. The highest BCUT2D eigenvalue weighted by molar-refractivity contribution is 6.35. The van der Waals surface area contributed by atoms with Crippen molar-refractivity contribution in [3.05, 3.63) is 28.9 Å². The van der Waals surface area contributed by atoms with Gasteiger partial charge in [-0.2, -0.15) is 0 Å². The molecule has 0 spiro atoms. The van der Waals surface area contributed by atoms with Crippen molar-refractivity contribution in [2.45, 2.75) is 13.3 Å². The molecule has 3 nitrogen and oxygen atoms in total. The molecule has 0 N–H and O–H groups in total. The minimum Gasteiger partial charge on any atom is -0.490 e. The third-order valence-electron chi connectivity index (χ3n) is 2.90. The second-order valence-corrected chi connectivity index (χ2v) is 4.31. The summed E-state index contributed by atoms with van der Waals surface area (Å²) in [5.74, 6) is 1.59. The Hall–Kier alpha value is -1.48. The summed E-state index contributed by atoms with van der Waals surface area (Å²) in [5, 5.41) is 1.71. The van der Waals surface area contributed by atoms with Gasteiger partial charge >= 0.3 is 0 Å². The molecular weight excluding hydrogens is 238 g/mol. The van der Waals surface area contributed by atoms with Crippen molar-refractivity contribution in [3.8, 4) is 11.5 Å². The van der Waals surface area contributed by atoms with Crippen molar-refractivity contribution >= 4 is 22.5 Å². The molecule has 0 aliphatic carbocycles. The Kier molecular flexibility index (Phi) is 2.56. The third kappa shape index (κ3) is 1.62. The molecule has 0 saturated heterocycles. The SMILES string of the molecule is CCOc1cc2nccc(Cl)c2c2c1OCC2. The summed E-state index contributed by atoms with van der Waals surface area (Å²) >= 11 is 6.23. The maximum Gasteiger partial charge on any atom is 0.165 e. The monoisotopic (exact) mass is 249 g/mol. The molecule has 1 aromatic heterocycles. The van der Waals surface area contributed by atoms with E-state index in [-0.39, 0.29) is 0 Å². The van der Waals surface area contributed by atoms with Gasteiger partial charge in [0.15, 0.2) is 11.5 Å². The molecule has 3 rings (SSSR count). The van der Waals surface area contributed by atoms with E-state index in [1.807, 2.05) is 19.1 Å². The minimum absolute atomic E-state index is 0.613. The lowest BCUT2D eigenvalue weighted by molar-refractivity contribution is 0.298. The first-order valence-corrected chi connectivity index (χ1v) is 6.04. The molecule has 4 heteroatoms. The van der Waals surface area contributed by atoms with Crippen LogP contribution in [0.4, 0.5) is 0 Å². The third-order valence-corrected chi connectivity index (χ3v) is 3.21. The highest BCUT2D eigenvalue weighted by Crippen LogP contribution is 2.42. The van der Waals surface area contributed by atoms with Crippen molar-refractivity contribution in [1.82, 2.24) is 4.98 Å². The predicted octanol–water partition coefficient (Wildman–Crippen LogP) is 3.22. The molecule has 1 aliphatic rings. The van der Waals surface area contributed by atoms with Gasteiger partial charge in [0.25, 0.3) is 0 Å². The van der Waals surface area contributed by atoms with Gasteiger partial charge in [-0.15, -0.1) is 0 Å². The Bertz CT molecular complexity index is 583. The van der Waals surface area contributed by atoms with Crippen LogP contribution in [0.5, 0.6) is 11.5 Å². The van der Waals surface area contributed by atoms with Gasteiger partial charge in [0.1, 0.15) is 0 Å². The Morgan fingerprint density at radius 3 is 3.24 bits per heavy atom. The summed E-state index contributed by atoms with van der Waals surface area (Å²) in [4.78, 5) is 4.34. The summed E-state index contributed by atoms with van der Waals surface area (Å²) in [6.07, 6.45) is 2.57. The summed E-state index contributed by atoms with van der Waals surface area (Å²) in [7, 11) is 0. The van der Waals surface area contributed by atoms with E-state index in [9.17, 15) is 0 Å². The maximum absolute atomic E-state index is 6.23. The number of halogens is 1. The first-order chi connectivity index (χ1) is 8.31. The van der Waals surface area contributed by atoms with Crippen LogP contribution in [-0.2, 0) is 6.42 Å². The first kappa shape index (κ1) is 10.7. The smallest absolute Gasteiger partial charge is 0.165 e. The van der Waals surface area contributed by atoms with Crippen molar-refractivity contribution in [3.63, 3.8) is 0 Å². The summed E-state index contributed by atoms with van der Waals surface area (Å²) in [5.41, 5.74) is 1.98. The van der Waals surface area contributed by atoms with Crippen LogP contribution in [0, 0.1) is 0 Å². The molecule has 88 valence electrons. The maximum atomic E-state index is 6.23. The average molecular weight is 250 g/mol. The second-order valence-electron chi connectivity index (χ2n) is 3.90. The van der Waals surface area contributed by atoms with Gasteiger partial charge in [-0.3, -0.25) is 4.98 Å². The van der Waals surface area contributed by atoms with E-state index in [1.165, 1.54) is 0 Å². The van der Waals surface area contributed by atoms with Crippen molar-refractivity contribution in [1.29, 1.82) is 0 Å². The number of fused-ring (bicyclic) bond motifs is 3. The minimum atomic E-state index is 0.613. The summed E-state index contributed by atoms with van der Waals surface area (Å²) in [6.45, 7) is 3.25. The van der Waals surface area contributed by atoms with E-state index in [1.54, 1.807) is 6.20 Å². The molecule has 1 aromatic carbocycles. The lowest BCUT2D eigenvalue weighted by Gasteiger charge is -2.11. The van der Waals surface area contributed by atoms with Gasteiger partial charge in [0.05, 0.1) is 23.8 Å². The molecule has 17 heavy (non-hydrogen) atoms. The fraction of sp³-hybridized carbons (Fsp3) is 0.308. The molecule has 1 aliphatic heterocycles. The Morgan fingerprint density at radius 2 is 2.41 bits per heavy atom. The Balaban J connectivity index is 2.34. The predicted molar refractivity (Wildman–Crippen MR) is 67.1 cm³/mol. The Labute approximate surface area is 104 Å².